The Balaban J connectivity index is 2.25. The van der Waals surface area contributed by atoms with Crippen LogP contribution in [0.15, 0.2) is 16.9 Å². The number of hydrogen-bond donors (Lipinski definition) is 0. The highest BCUT2D eigenvalue weighted by Gasteiger charge is 2.15. The van der Waals surface area contributed by atoms with E-state index >= 15 is 0 Å². The number of nitrogens with zero attached hydrogens (tertiary/aromatic N) is 1. The molecule has 1 atom stereocenters. The minimum absolute atomic E-state index is 0.550. The van der Waals surface area contributed by atoms with Crippen LogP contribution in [0.3, 0.4) is 0 Å². The van der Waals surface area contributed by atoms with E-state index in [4.69, 9.17) is 4.42 Å². The zero-order valence-electron chi connectivity index (χ0n) is 12.9. The molecule has 1 heterocycles. The molecular formula is C17H31NO. The fraction of sp³-hybridized carbons (Fsp3) is 0.824. The lowest BCUT2D eigenvalue weighted by molar-refractivity contribution is 0.393. The van der Waals surface area contributed by atoms with Gasteiger partial charge in [0, 0.05) is 5.92 Å². The van der Waals surface area contributed by atoms with Crippen LogP contribution in [0.5, 0.6) is 0 Å². The summed E-state index contributed by atoms with van der Waals surface area (Å²) in [5.41, 5.74) is 0. The molecular weight excluding hydrogens is 234 g/mol. The molecule has 0 fully saturated rings. The van der Waals surface area contributed by atoms with Crippen molar-refractivity contribution in [3.63, 3.8) is 0 Å². The third kappa shape index (κ3) is 7.39. The van der Waals surface area contributed by atoms with E-state index in [1.54, 1.807) is 12.5 Å². The van der Waals surface area contributed by atoms with E-state index in [0.717, 1.165) is 5.89 Å². The van der Waals surface area contributed by atoms with E-state index in [2.05, 4.69) is 18.8 Å². The molecule has 0 aliphatic rings. The van der Waals surface area contributed by atoms with Crippen LogP contribution in [0.25, 0.3) is 0 Å². The highest BCUT2D eigenvalue weighted by molar-refractivity contribution is 4.91. The summed E-state index contributed by atoms with van der Waals surface area (Å²) >= 11 is 0. The van der Waals surface area contributed by atoms with Gasteiger partial charge in [0.2, 0.25) is 0 Å². The lowest BCUT2D eigenvalue weighted by Crippen LogP contribution is -2.00. The van der Waals surface area contributed by atoms with Gasteiger partial charge in [0.15, 0.2) is 5.89 Å². The second-order valence-corrected chi connectivity index (χ2v) is 5.62. The molecule has 1 rings (SSSR count). The van der Waals surface area contributed by atoms with Gasteiger partial charge in [0.05, 0.1) is 6.20 Å². The molecule has 1 unspecified atom stereocenters. The van der Waals surface area contributed by atoms with Gasteiger partial charge in [-0.2, -0.15) is 0 Å². The average Bonchev–Trinajstić information content (AvgIpc) is 2.95. The van der Waals surface area contributed by atoms with Crippen LogP contribution < -0.4 is 0 Å². The van der Waals surface area contributed by atoms with Crippen LogP contribution in [-0.4, -0.2) is 4.98 Å². The Bertz CT molecular complexity index is 281. The van der Waals surface area contributed by atoms with Crippen LogP contribution in [-0.2, 0) is 0 Å². The van der Waals surface area contributed by atoms with Gasteiger partial charge in [-0.3, -0.25) is 0 Å². The molecule has 110 valence electrons. The molecule has 0 aliphatic carbocycles. The SMILES string of the molecule is CCCCCCCC(CCCCCC)c1ncco1. The summed E-state index contributed by atoms with van der Waals surface area (Å²) in [7, 11) is 0. The molecule has 2 heteroatoms. The van der Waals surface area contributed by atoms with E-state index in [1.807, 2.05) is 0 Å². The molecule has 0 spiro atoms. The fourth-order valence-corrected chi connectivity index (χ4v) is 2.64. The third-order valence-electron chi connectivity index (χ3n) is 3.86. The molecule has 0 aromatic carbocycles. The maximum Gasteiger partial charge on any atom is 0.197 e. The molecule has 0 bridgehead atoms. The summed E-state index contributed by atoms with van der Waals surface area (Å²) in [5.74, 6) is 1.51. The molecule has 0 N–H and O–H groups in total. The Hall–Kier alpha value is -0.790. The summed E-state index contributed by atoms with van der Waals surface area (Å²) in [6.07, 6.45) is 18.1. The number of oxazole rings is 1. The van der Waals surface area contributed by atoms with Gasteiger partial charge in [-0.05, 0) is 12.8 Å². The van der Waals surface area contributed by atoms with Crippen LogP contribution in [0.4, 0.5) is 0 Å². The van der Waals surface area contributed by atoms with Crippen LogP contribution in [0.1, 0.15) is 96.3 Å². The molecule has 0 aliphatic heterocycles. The molecule has 1 aromatic rings. The van der Waals surface area contributed by atoms with Crippen molar-refractivity contribution >= 4 is 0 Å². The van der Waals surface area contributed by atoms with Gasteiger partial charge in [0.1, 0.15) is 6.26 Å². The van der Waals surface area contributed by atoms with E-state index in [1.165, 1.54) is 70.6 Å². The molecule has 0 saturated heterocycles. The molecule has 0 saturated carbocycles. The second kappa shape index (κ2) is 11.1. The first-order chi connectivity index (χ1) is 9.38. The van der Waals surface area contributed by atoms with Gasteiger partial charge in [-0.25, -0.2) is 4.98 Å². The summed E-state index contributed by atoms with van der Waals surface area (Å²) in [5, 5.41) is 0. The summed E-state index contributed by atoms with van der Waals surface area (Å²) in [6, 6.07) is 0. The van der Waals surface area contributed by atoms with E-state index in [9.17, 15) is 0 Å². The van der Waals surface area contributed by atoms with Gasteiger partial charge < -0.3 is 4.42 Å². The van der Waals surface area contributed by atoms with E-state index < -0.39 is 0 Å². The zero-order valence-corrected chi connectivity index (χ0v) is 12.9. The normalized spacial score (nSPS) is 12.7. The lowest BCUT2D eigenvalue weighted by Gasteiger charge is -2.13. The van der Waals surface area contributed by atoms with Crippen molar-refractivity contribution in [2.24, 2.45) is 0 Å². The number of rotatable bonds is 12. The Labute approximate surface area is 119 Å². The van der Waals surface area contributed by atoms with Crippen molar-refractivity contribution in [2.45, 2.75) is 90.4 Å². The molecule has 0 amide bonds. The standard InChI is InChI=1S/C17H31NO/c1-3-5-7-9-11-13-16(12-10-8-6-4-2)17-18-14-15-19-17/h14-16H,3-13H2,1-2H3. The minimum Gasteiger partial charge on any atom is -0.449 e. The maximum absolute atomic E-state index is 5.52. The Kier molecular flexibility index (Phi) is 9.48. The van der Waals surface area contributed by atoms with Gasteiger partial charge in [-0.15, -0.1) is 0 Å². The van der Waals surface area contributed by atoms with Crippen molar-refractivity contribution < 1.29 is 4.42 Å². The molecule has 19 heavy (non-hydrogen) atoms. The average molecular weight is 265 g/mol. The Morgan fingerprint density at radius 2 is 1.47 bits per heavy atom. The monoisotopic (exact) mass is 265 g/mol. The third-order valence-corrected chi connectivity index (χ3v) is 3.86. The van der Waals surface area contributed by atoms with Crippen LogP contribution in [0.2, 0.25) is 0 Å². The predicted octanol–water partition coefficient (Wildman–Crippen LogP) is 6.09. The minimum atomic E-state index is 0.550. The van der Waals surface area contributed by atoms with Gasteiger partial charge in [-0.1, -0.05) is 71.6 Å². The highest BCUT2D eigenvalue weighted by atomic mass is 16.3. The largest absolute Gasteiger partial charge is 0.449 e. The number of hydrogen-bond acceptors (Lipinski definition) is 2. The smallest absolute Gasteiger partial charge is 0.197 e. The lowest BCUT2D eigenvalue weighted by atomic mass is 9.94. The van der Waals surface area contributed by atoms with Gasteiger partial charge >= 0.3 is 0 Å². The van der Waals surface area contributed by atoms with Crippen molar-refractivity contribution in [2.75, 3.05) is 0 Å². The second-order valence-electron chi connectivity index (χ2n) is 5.62. The topological polar surface area (TPSA) is 26.0 Å². The van der Waals surface area contributed by atoms with Crippen LogP contribution >= 0.6 is 0 Å². The highest BCUT2D eigenvalue weighted by Crippen LogP contribution is 2.27. The summed E-state index contributed by atoms with van der Waals surface area (Å²) < 4.78 is 5.52. The van der Waals surface area contributed by atoms with Crippen molar-refractivity contribution in [3.05, 3.63) is 18.4 Å². The van der Waals surface area contributed by atoms with E-state index in [0.29, 0.717) is 5.92 Å². The molecule has 2 nitrogen and oxygen atoms in total. The molecule has 1 aromatic heterocycles. The maximum atomic E-state index is 5.52. The van der Waals surface area contributed by atoms with E-state index in [-0.39, 0.29) is 0 Å². The first kappa shape index (κ1) is 16.3. The summed E-state index contributed by atoms with van der Waals surface area (Å²) in [6.45, 7) is 4.53. The fourth-order valence-electron chi connectivity index (χ4n) is 2.64. The zero-order chi connectivity index (χ0) is 13.8. The van der Waals surface area contributed by atoms with Crippen molar-refractivity contribution in [1.29, 1.82) is 0 Å². The quantitative estimate of drug-likeness (QED) is 0.427. The predicted molar refractivity (Wildman–Crippen MR) is 81.4 cm³/mol. The van der Waals surface area contributed by atoms with Crippen LogP contribution in [0, 0.1) is 0 Å². The number of aromatic nitrogens is 1. The Morgan fingerprint density at radius 3 is 2.00 bits per heavy atom. The van der Waals surface area contributed by atoms with Gasteiger partial charge in [0.25, 0.3) is 0 Å². The summed E-state index contributed by atoms with van der Waals surface area (Å²) in [4.78, 5) is 4.36. The Morgan fingerprint density at radius 1 is 0.895 bits per heavy atom. The van der Waals surface area contributed by atoms with Crippen molar-refractivity contribution in [3.8, 4) is 0 Å². The first-order valence-electron chi connectivity index (χ1n) is 8.27. The first-order valence-corrected chi connectivity index (χ1v) is 8.27. The molecule has 0 radical (unpaired) electrons. The number of unbranched alkanes of at least 4 members (excludes halogenated alkanes) is 7. The van der Waals surface area contributed by atoms with Crippen molar-refractivity contribution in [1.82, 2.24) is 4.98 Å².